The first-order valence-electron chi connectivity index (χ1n) is 3.67. The van der Waals surface area contributed by atoms with Gasteiger partial charge in [-0.05, 0) is 0 Å². The van der Waals surface area contributed by atoms with Crippen LogP contribution >= 0.6 is 0 Å². The van der Waals surface area contributed by atoms with Gasteiger partial charge in [-0.1, -0.05) is 13.8 Å². The summed E-state index contributed by atoms with van der Waals surface area (Å²) in [5.74, 6) is -0.172. The molecule has 0 aliphatic heterocycles. The van der Waals surface area contributed by atoms with Crippen molar-refractivity contribution in [2.24, 2.45) is 0 Å². The molecular formula is C6H15NO3S. The Bertz CT molecular complexity index is 184. The zero-order valence-corrected chi connectivity index (χ0v) is 7.76. The summed E-state index contributed by atoms with van der Waals surface area (Å²) in [6.45, 7) is 4.19. The van der Waals surface area contributed by atoms with Gasteiger partial charge >= 0.3 is 0 Å². The molecule has 0 aliphatic carbocycles. The SMILES string of the molecule is CCN(CC)S(=O)(=O)CCO. The Balaban J connectivity index is 4.26. The van der Waals surface area contributed by atoms with Crippen LogP contribution in [0.15, 0.2) is 0 Å². The molecule has 0 amide bonds. The molecule has 0 fully saturated rings. The van der Waals surface area contributed by atoms with Crippen LogP contribution in [0.4, 0.5) is 0 Å². The van der Waals surface area contributed by atoms with Crippen LogP contribution in [-0.4, -0.2) is 43.3 Å². The van der Waals surface area contributed by atoms with Crippen molar-refractivity contribution < 1.29 is 13.5 Å². The Morgan fingerprint density at radius 1 is 1.27 bits per heavy atom. The normalized spacial score (nSPS) is 12.4. The summed E-state index contributed by atoms with van der Waals surface area (Å²) in [6.07, 6.45) is 0. The minimum absolute atomic E-state index is 0.172. The summed E-state index contributed by atoms with van der Waals surface area (Å²) in [4.78, 5) is 0. The Hall–Kier alpha value is -0.130. The first kappa shape index (κ1) is 10.9. The number of aliphatic hydroxyl groups is 1. The minimum Gasteiger partial charge on any atom is -0.395 e. The topological polar surface area (TPSA) is 57.6 Å². The molecule has 5 heteroatoms. The molecule has 68 valence electrons. The van der Waals surface area contributed by atoms with E-state index in [4.69, 9.17) is 5.11 Å². The molecule has 1 N–H and O–H groups in total. The first-order chi connectivity index (χ1) is 5.08. The Morgan fingerprint density at radius 2 is 1.73 bits per heavy atom. The lowest BCUT2D eigenvalue weighted by atomic mass is 10.7. The third-order valence-corrected chi connectivity index (χ3v) is 3.45. The molecular weight excluding hydrogens is 166 g/mol. The van der Waals surface area contributed by atoms with Gasteiger partial charge in [-0.3, -0.25) is 0 Å². The predicted octanol–water partition coefficient (Wildman–Crippen LogP) is -0.350. The van der Waals surface area contributed by atoms with Crippen molar-refractivity contribution in [2.45, 2.75) is 13.8 Å². The van der Waals surface area contributed by atoms with Gasteiger partial charge in [0.05, 0.1) is 12.4 Å². The number of aliphatic hydroxyl groups excluding tert-OH is 1. The largest absolute Gasteiger partial charge is 0.395 e. The lowest BCUT2D eigenvalue weighted by molar-refractivity contribution is 0.315. The Morgan fingerprint density at radius 3 is 2.00 bits per heavy atom. The van der Waals surface area contributed by atoms with E-state index in [0.29, 0.717) is 13.1 Å². The number of rotatable bonds is 5. The Labute approximate surface area is 67.9 Å². The van der Waals surface area contributed by atoms with Crippen molar-refractivity contribution in [3.8, 4) is 0 Å². The van der Waals surface area contributed by atoms with Crippen LogP contribution in [-0.2, 0) is 10.0 Å². The lowest BCUT2D eigenvalue weighted by Gasteiger charge is -2.17. The summed E-state index contributed by atoms with van der Waals surface area (Å²) >= 11 is 0. The van der Waals surface area contributed by atoms with Crippen molar-refractivity contribution in [1.29, 1.82) is 0 Å². The number of hydrogen-bond donors (Lipinski definition) is 1. The molecule has 0 radical (unpaired) electrons. The second kappa shape index (κ2) is 4.69. The van der Waals surface area contributed by atoms with Crippen molar-refractivity contribution in [2.75, 3.05) is 25.4 Å². The van der Waals surface area contributed by atoms with E-state index in [-0.39, 0.29) is 12.4 Å². The maximum atomic E-state index is 11.2. The van der Waals surface area contributed by atoms with E-state index in [1.54, 1.807) is 13.8 Å². The molecule has 0 saturated carbocycles. The fourth-order valence-electron chi connectivity index (χ4n) is 0.861. The molecule has 0 rings (SSSR count). The van der Waals surface area contributed by atoms with Gasteiger partial charge in [0.2, 0.25) is 10.0 Å². The molecule has 0 aromatic rings. The summed E-state index contributed by atoms with van der Waals surface area (Å²) < 4.78 is 23.7. The standard InChI is InChI=1S/C6H15NO3S/c1-3-7(4-2)11(9,10)6-5-8/h8H,3-6H2,1-2H3. The van der Waals surface area contributed by atoms with Crippen LogP contribution < -0.4 is 0 Å². The van der Waals surface area contributed by atoms with E-state index < -0.39 is 10.0 Å². The first-order valence-corrected chi connectivity index (χ1v) is 5.28. The molecule has 11 heavy (non-hydrogen) atoms. The van der Waals surface area contributed by atoms with Crippen LogP contribution in [0.3, 0.4) is 0 Å². The van der Waals surface area contributed by atoms with E-state index in [0.717, 1.165) is 0 Å². The van der Waals surface area contributed by atoms with Crippen LogP contribution in [0.5, 0.6) is 0 Å². The number of nitrogens with zero attached hydrogens (tertiary/aromatic N) is 1. The van der Waals surface area contributed by atoms with E-state index in [1.165, 1.54) is 4.31 Å². The summed E-state index contributed by atoms with van der Waals surface area (Å²) in [5.41, 5.74) is 0. The minimum atomic E-state index is -3.19. The predicted molar refractivity (Wildman–Crippen MR) is 43.8 cm³/mol. The highest BCUT2D eigenvalue weighted by Gasteiger charge is 2.16. The van der Waals surface area contributed by atoms with E-state index in [9.17, 15) is 8.42 Å². The second-order valence-corrected chi connectivity index (χ2v) is 4.21. The molecule has 0 unspecified atom stereocenters. The zero-order chi connectivity index (χ0) is 8.91. The molecule has 0 spiro atoms. The molecule has 0 bridgehead atoms. The van der Waals surface area contributed by atoms with Gasteiger partial charge in [-0.2, -0.15) is 0 Å². The smallest absolute Gasteiger partial charge is 0.216 e. The van der Waals surface area contributed by atoms with Crippen molar-refractivity contribution in [3.63, 3.8) is 0 Å². The van der Waals surface area contributed by atoms with Crippen molar-refractivity contribution in [1.82, 2.24) is 4.31 Å². The highest BCUT2D eigenvalue weighted by Crippen LogP contribution is 1.98. The van der Waals surface area contributed by atoms with Gasteiger partial charge in [0, 0.05) is 13.1 Å². The third-order valence-electron chi connectivity index (χ3n) is 1.45. The van der Waals surface area contributed by atoms with E-state index in [2.05, 4.69) is 0 Å². The molecule has 0 aromatic heterocycles. The molecule has 0 aliphatic rings. The fraction of sp³-hybridized carbons (Fsp3) is 1.00. The van der Waals surface area contributed by atoms with Gasteiger partial charge < -0.3 is 5.11 Å². The van der Waals surface area contributed by atoms with Crippen LogP contribution in [0.2, 0.25) is 0 Å². The maximum Gasteiger partial charge on any atom is 0.216 e. The quantitative estimate of drug-likeness (QED) is 0.630. The molecule has 0 aromatic carbocycles. The average Bonchev–Trinajstić information content (AvgIpc) is 1.89. The fourth-order valence-corrected chi connectivity index (χ4v) is 2.14. The van der Waals surface area contributed by atoms with Gasteiger partial charge in [0.1, 0.15) is 0 Å². The van der Waals surface area contributed by atoms with E-state index in [1.807, 2.05) is 0 Å². The number of hydrogen-bond acceptors (Lipinski definition) is 3. The Kier molecular flexibility index (Phi) is 4.63. The average molecular weight is 181 g/mol. The van der Waals surface area contributed by atoms with Gasteiger partial charge in [0.25, 0.3) is 0 Å². The second-order valence-electron chi connectivity index (χ2n) is 2.12. The molecule has 4 nitrogen and oxygen atoms in total. The summed E-state index contributed by atoms with van der Waals surface area (Å²) in [6, 6.07) is 0. The highest BCUT2D eigenvalue weighted by molar-refractivity contribution is 7.89. The van der Waals surface area contributed by atoms with Gasteiger partial charge in [0.15, 0.2) is 0 Å². The van der Waals surface area contributed by atoms with Crippen LogP contribution in [0.1, 0.15) is 13.8 Å². The molecule has 0 atom stereocenters. The third kappa shape index (κ3) is 3.18. The zero-order valence-electron chi connectivity index (χ0n) is 6.95. The molecule has 0 saturated heterocycles. The lowest BCUT2D eigenvalue weighted by Crippen LogP contribution is -2.33. The number of sulfonamides is 1. The monoisotopic (exact) mass is 181 g/mol. The highest BCUT2D eigenvalue weighted by atomic mass is 32.2. The van der Waals surface area contributed by atoms with Gasteiger partial charge in [-0.25, -0.2) is 12.7 Å². The molecule has 0 heterocycles. The van der Waals surface area contributed by atoms with Crippen LogP contribution in [0.25, 0.3) is 0 Å². The maximum absolute atomic E-state index is 11.2. The van der Waals surface area contributed by atoms with E-state index >= 15 is 0 Å². The summed E-state index contributed by atoms with van der Waals surface area (Å²) in [7, 11) is -3.19. The van der Waals surface area contributed by atoms with Crippen molar-refractivity contribution >= 4 is 10.0 Å². The van der Waals surface area contributed by atoms with Crippen LogP contribution in [0, 0.1) is 0 Å². The van der Waals surface area contributed by atoms with Gasteiger partial charge in [-0.15, -0.1) is 0 Å². The van der Waals surface area contributed by atoms with Crippen molar-refractivity contribution in [3.05, 3.63) is 0 Å². The summed E-state index contributed by atoms with van der Waals surface area (Å²) in [5, 5.41) is 8.44.